The van der Waals surface area contributed by atoms with Gasteiger partial charge >= 0.3 is 0 Å². The standard InChI is InChI=1S/C10H11ClN4S/c11-8-5-7(12)6-9(15-8)13-2-1-10-14-3-4-16-10/h3-6H,1-2H2,(H3,12,13,15). The average Bonchev–Trinajstić information content (AvgIpc) is 2.69. The van der Waals surface area contributed by atoms with Crippen molar-refractivity contribution < 1.29 is 0 Å². The number of nitrogens with zero attached hydrogens (tertiary/aromatic N) is 2. The normalized spacial score (nSPS) is 10.3. The first-order chi connectivity index (χ1) is 7.74. The Bertz CT molecular complexity index is 438. The van der Waals surface area contributed by atoms with E-state index < -0.39 is 0 Å². The van der Waals surface area contributed by atoms with Gasteiger partial charge in [-0.1, -0.05) is 11.6 Å². The summed E-state index contributed by atoms with van der Waals surface area (Å²) in [4.78, 5) is 8.30. The van der Waals surface area contributed by atoms with Gasteiger partial charge in [0.05, 0.1) is 5.01 Å². The summed E-state index contributed by atoms with van der Waals surface area (Å²) in [6, 6.07) is 3.38. The molecule has 16 heavy (non-hydrogen) atoms. The van der Waals surface area contributed by atoms with E-state index in [0.29, 0.717) is 16.7 Å². The molecule has 6 heteroatoms. The minimum Gasteiger partial charge on any atom is -0.399 e. The highest BCUT2D eigenvalue weighted by atomic mass is 35.5. The Hall–Kier alpha value is -1.33. The van der Waals surface area contributed by atoms with Crippen LogP contribution in [0.2, 0.25) is 5.15 Å². The number of thiazole rings is 1. The molecule has 0 saturated heterocycles. The van der Waals surface area contributed by atoms with Gasteiger partial charge < -0.3 is 11.1 Å². The summed E-state index contributed by atoms with van der Waals surface area (Å²) < 4.78 is 0. The second kappa shape index (κ2) is 5.14. The van der Waals surface area contributed by atoms with E-state index in [1.807, 2.05) is 5.38 Å². The molecule has 0 saturated carbocycles. The first-order valence-corrected chi connectivity index (χ1v) is 6.05. The summed E-state index contributed by atoms with van der Waals surface area (Å²) in [7, 11) is 0. The maximum atomic E-state index is 5.79. The highest BCUT2D eigenvalue weighted by molar-refractivity contribution is 7.09. The number of aromatic nitrogens is 2. The molecule has 0 aromatic carbocycles. The molecular formula is C10H11ClN4S. The number of nitrogen functional groups attached to an aromatic ring is 1. The van der Waals surface area contributed by atoms with Gasteiger partial charge in [0.1, 0.15) is 11.0 Å². The van der Waals surface area contributed by atoms with Crippen molar-refractivity contribution in [3.8, 4) is 0 Å². The van der Waals surface area contributed by atoms with E-state index in [4.69, 9.17) is 17.3 Å². The van der Waals surface area contributed by atoms with E-state index in [1.54, 1.807) is 29.7 Å². The summed E-state index contributed by atoms with van der Waals surface area (Å²) in [5.41, 5.74) is 6.26. The molecule has 84 valence electrons. The lowest BCUT2D eigenvalue weighted by Crippen LogP contribution is -2.06. The van der Waals surface area contributed by atoms with Crippen LogP contribution in [0.1, 0.15) is 5.01 Å². The molecule has 0 aliphatic heterocycles. The second-order valence-electron chi connectivity index (χ2n) is 3.21. The van der Waals surface area contributed by atoms with Crippen LogP contribution in [0.3, 0.4) is 0 Å². The minimum absolute atomic E-state index is 0.400. The van der Waals surface area contributed by atoms with Crippen LogP contribution in [-0.4, -0.2) is 16.5 Å². The highest BCUT2D eigenvalue weighted by Crippen LogP contribution is 2.15. The third-order valence-electron chi connectivity index (χ3n) is 1.94. The third kappa shape index (κ3) is 3.08. The Kier molecular flexibility index (Phi) is 3.58. The maximum Gasteiger partial charge on any atom is 0.133 e. The molecule has 0 fully saturated rings. The number of halogens is 1. The number of hydrogen-bond acceptors (Lipinski definition) is 5. The van der Waals surface area contributed by atoms with E-state index >= 15 is 0 Å². The lowest BCUT2D eigenvalue weighted by Gasteiger charge is -2.05. The smallest absolute Gasteiger partial charge is 0.133 e. The summed E-state index contributed by atoms with van der Waals surface area (Å²) >= 11 is 7.43. The molecule has 0 amide bonds. The topological polar surface area (TPSA) is 63.8 Å². The Morgan fingerprint density at radius 1 is 1.44 bits per heavy atom. The number of hydrogen-bond donors (Lipinski definition) is 2. The third-order valence-corrected chi connectivity index (χ3v) is 2.98. The number of anilines is 2. The zero-order valence-corrected chi connectivity index (χ0v) is 10.1. The predicted molar refractivity (Wildman–Crippen MR) is 68.0 cm³/mol. The van der Waals surface area contributed by atoms with Crippen LogP contribution in [0.15, 0.2) is 23.7 Å². The molecule has 0 aliphatic carbocycles. The number of rotatable bonds is 4. The molecule has 0 spiro atoms. The van der Waals surface area contributed by atoms with Crippen molar-refractivity contribution in [1.29, 1.82) is 0 Å². The van der Waals surface area contributed by atoms with Gasteiger partial charge in [-0.25, -0.2) is 9.97 Å². The van der Waals surface area contributed by atoms with Gasteiger partial charge in [-0.3, -0.25) is 0 Å². The largest absolute Gasteiger partial charge is 0.399 e. The van der Waals surface area contributed by atoms with Crippen LogP contribution in [0.25, 0.3) is 0 Å². The average molecular weight is 255 g/mol. The quantitative estimate of drug-likeness (QED) is 0.823. The van der Waals surface area contributed by atoms with Crippen LogP contribution in [-0.2, 0) is 6.42 Å². The van der Waals surface area contributed by atoms with Crippen molar-refractivity contribution in [3.05, 3.63) is 33.9 Å². The van der Waals surface area contributed by atoms with Crippen LogP contribution in [0, 0.1) is 0 Å². The van der Waals surface area contributed by atoms with E-state index in [9.17, 15) is 0 Å². The molecule has 2 rings (SSSR count). The van der Waals surface area contributed by atoms with Crippen LogP contribution < -0.4 is 11.1 Å². The molecule has 0 bridgehead atoms. The monoisotopic (exact) mass is 254 g/mol. The Morgan fingerprint density at radius 3 is 3.00 bits per heavy atom. The predicted octanol–water partition coefficient (Wildman–Crippen LogP) is 2.43. The first kappa shape index (κ1) is 11.2. The van der Waals surface area contributed by atoms with E-state index in [-0.39, 0.29) is 0 Å². The summed E-state index contributed by atoms with van der Waals surface area (Å²) in [5.74, 6) is 0.696. The highest BCUT2D eigenvalue weighted by Gasteiger charge is 1.99. The number of pyridine rings is 1. The minimum atomic E-state index is 0.400. The van der Waals surface area contributed by atoms with Gasteiger partial charge in [0.2, 0.25) is 0 Å². The Balaban J connectivity index is 1.89. The van der Waals surface area contributed by atoms with Crippen LogP contribution in [0.5, 0.6) is 0 Å². The van der Waals surface area contributed by atoms with Crippen LogP contribution >= 0.6 is 22.9 Å². The molecule has 0 radical (unpaired) electrons. The molecule has 4 nitrogen and oxygen atoms in total. The fourth-order valence-corrected chi connectivity index (χ4v) is 2.12. The fourth-order valence-electron chi connectivity index (χ4n) is 1.28. The molecule has 2 aromatic rings. The summed E-state index contributed by atoms with van der Waals surface area (Å²) in [6.07, 6.45) is 2.67. The van der Waals surface area contributed by atoms with Gasteiger partial charge in [-0.2, -0.15) is 0 Å². The van der Waals surface area contributed by atoms with Crippen molar-refractivity contribution in [2.45, 2.75) is 6.42 Å². The molecule has 2 aromatic heterocycles. The lowest BCUT2D eigenvalue weighted by molar-refractivity contribution is 0.988. The van der Waals surface area contributed by atoms with Crippen molar-refractivity contribution in [1.82, 2.24) is 9.97 Å². The van der Waals surface area contributed by atoms with Gasteiger partial charge in [0, 0.05) is 36.3 Å². The van der Waals surface area contributed by atoms with Crippen LogP contribution in [0.4, 0.5) is 11.5 Å². The van der Waals surface area contributed by atoms with Gasteiger partial charge in [-0.05, 0) is 6.07 Å². The Morgan fingerprint density at radius 2 is 2.31 bits per heavy atom. The molecular weight excluding hydrogens is 244 g/mol. The van der Waals surface area contributed by atoms with Gasteiger partial charge in [0.25, 0.3) is 0 Å². The van der Waals surface area contributed by atoms with Gasteiger partial charge in [-0.15, -0.1) is 11.3 Å². The van der Waals surface area contributed by atoms with Crippen molar-refractivity contribution in [3.63, 3.8) is 0 Å². The number of nitrogens with one attached hydrogen (secondary N) is 1. The molecule has 0 unspecified atom stereocenters. The summed E-state index contributed by atoms with van der Waals surface area (Å²) in [5, 5.41) is 6.62. The molecule has 2 heterocycles. The zero-order valence-electron chi connectivity index (χ0n) is 8.48. The second-order valence-corrected chi connectivity index (χ2v) is 4.58. The van der Waals surface area contributed by atoms with Gasteiger partial charge in [0.15, 0.2) is 0 Å². The van der Waals surface area contributed by atoms with Crippen molar-refractivity contribution >= 4 is 34.4 Å². The lowest BCUT2D eigenvalue weighted by atomic mass is 10.4. The Labute approximate surface area is 102 Å². The molecule has 0 atom stereocenters. The van der Waals surface area contributed by atoms with Crippen molar-refractivity contribution in [2.24, 2.45) is 0 Å². The SMILES string of the molecule is Nc1cc(Cl)nc(NCCc2nccs2)c1. The fraction of sp³-hybridized carbons (Fsp3) is 0.200. The summed E-state index contributed by atoms with van der Waals surface area (Å²) in [6.45, 7) is 0.764. The van der Waals surface area contributed by atoms with E-state index in [0.717, 1.165) is 18.0 Å². The van der Waals surface area contributed by atoms with E-state index in [1.165, 1.54) is 0 Å². The van der Waals surface area contributed by atoms with E-state index in [2.05, 4.69) is 15.3 Å². The molecule has 0 aliphatic rings. The number of nitrogens with two attached hydrogens (primary N) is 1. The first-order valence-electron chi connectivity index (χ1n) is 4.79. The maximum absolute atomic E-state index is 5.79. The van der Waals surface area contributed by atoms with Crippen molar-refractivity contribution in [2.75, 3.05) is 17.6 Å². The zero-order chi connectivity index (χ0) is 11.4. The molecule has 3 N–H and O–H groups in total.